The van der Waals surface area contributed by atoms with Crippen molar-refractivity contribution in [2.24, 2.45) is 0 Å². The van der Waals surface area contributed by atoms with Gasteiger partial charge in [0.2, 0.25) is 0 Å². The minimum Gasteiger partial charge on any atom is -0.396 e. The summed E-state index contributed by atoms with van der Waals surface area (Å²) in [5.41, 5.74) is 2.76. The highest BCUT2D eigenvalue weighted by Crippen LogP contribution is 2.31. The average molecular weight is 534 g/mol. The molecule has 0 saturated heterocycles. The van der Waals surface area contributed by atoms with E-state index in [2.05, 4.69) is 20.4 Å². The Kier molecular flexibility index (Phi) is 6.77. The van der Waals surface area contributed by atoms with E-state index < -0.39 is 19.7 Å². The third kappa shape index (κ3) is 5.42. The number of nitrogens with one attached hydrogen (secondary N) is 1. The third-order valence-corrected chi connectivity index (χ3v) is 8.15. The van der Waals surface area contributed by atoms with Crippen LogP contribution in [-0.4, -0.2) is 60.8 Å². The van der Waals surface area contributed by atoms with Gasteiger partial charge in [0.15, 0.2) is 19.7 Å². The van der Waals surface area contributed by atoms with Crippen molar-refractivity contribution in [2.45, 2.75) is 23.1 Å². The largest absolute Gasteiger partial charge is 0.396 e. The van der Waals surface area contributed by atoms with Crippen molar-refractivity contribution in [1.29, 1.82) is 0 Å². The van der Waals surface area contributed by atoms with Crippen LogP contribution in [0.1, 0.15) is 11.3 Å². The molecule has 35 heavy (non-hydrogen) atoms. The van der Waals surface area contributed by atoms with Crippen molar-refractivity contribution in [3.05, 3.63) is 59.4 Å². The molecule has 0 spiro atoms. The van der Waals surface area contributed by atoms with Gasteiger partial charge in [-0.1, -0.05) is 0 Å². The van der Waals surface area contributed by atoms with Crippen LogP contribution in [0.4, 0.5) is 11.5 Å². The normalized spacial score (nSPS) is 12.1. The molecule has 10 nitrogen and oxygen atoms in total. The van der Waals surface area contributed by atoms with Crippen LogP contribution in [-0.2, 0) is 26.1 Å². The quantitative estimate of drug-likeness (QED) is 0.349. The number of aliphatic hydroxyl groups is 1. The lowest BCUT2D eigenvalue weighted by Gasteiger charge is -2.18. The Morgan fingerprint density at radius 1 is 1.09 bits per heavy atom. The maximum atomic E-state index is 12.5. The second kappa shape index (κ2) is 9.49. The van der Waals surface area contributed by atoms with Crippen molar-refractivity contribution >= 4 is 42.5 Å². The van der Waals surface area contributed by atoms with E-state index in [0.717, 1.165) is 23.6 Å². The fourth-order valence-corrected chi connectivity index (χ4v) is 5.72. The average Bonchev–Trinajstić information content (AvgIpc) is 3.46. The van der Waals surface area contributed by atoms with Crippen LogP contribution in [0, 0.1) is 6.92 Å². The highest BCUT2D eigenvalue weighted by molar-refractivity contribution is 7.91. The van der Waals surface area contributed by atoms with Crippen LogP contribution < -0.4 is 5.32 Å². The molecule has 13 heteroatoms. The van der Waals surface area contributed by atoms with Crippen LogP contribution in [0.25, 0.3) is 16.4 Å². The minimum atomic E-state index is -3.78. The summed E-state index contributed by atoms with van der Waals surface area (Å²) >= 11 is 1.46. The van der Waals surface area contributed by atoms with E-state index in [4.69, 9.17) is 0 Å². The van der Waals surface area contributed by atoms with Gasteiger partial charge in [-0.05, 0) is 37.3 Å². The number of anilines is 2. The van der Waals surface area contributed by atoms with Gasteiger partial charge in [0.25, 0.3) is 0 Å². The molecule has 0 aliphatic heterocycles. The van der Waals surface area contributed by atoms with Gasteiger partial charge in [-0.2, -0.15) is 5.10 Å². The number of pyridine rings is 1. The van der Waals surface area contributed by atoms with E-state index in [-0.39, 0.29) is 28.5 Å². The first-order valence-corrected chi connectivity index (χ1v) is 15.0. The Balaban J connectivity index is 1.84. The Labute approximate surface area is 207 Å². The summed E-state index contributed by atoms with van der Waals surface area (Å²) in [7, 11) is -7.40. The zero-order chi connectivity index (χ0) is 25.4. The minimum absolute atomic E-state index is 0.108. The van der Waals surface area contributed by atoms with E-state index in [1.165, 1.54) is 23.5 Å². The SMILES string of the molecule is Cc1cc(-n2ccc(-c3nccs3)n2)c(CCO)c(Nc2ccc(S(C)(=O)=O)cc2S(C)(=O)=O)n1. The van der Waals surface area contributed by atoms with E-state index in [1.807, 2.05) is 17.5 Å². The first kappa shape index (κ1) is 25.0. The highest BCUT2D eigenvalue weighted by atomic mass is 32.2. The molecule has 3 heterocycles. The van der Waals surface area contributed by atoms with Crippen molar-refractivity contribution in [2.75, 3.05) is 24.4 Å². The Morgan fingerprint density at radius 2 is 1.86 bits per heavy atom. The summed E-state index contributed by atoms with van der Waals surface area (Å²) < 4.78 is 50.6. The van der Waals surface area contributed by atoms with Gasteiger partial charge in [0.1, 0.15) is 16.5 Å². The molecule has 0 atom stereocenters. The predicted octanol–water partition coefficient (Wildman–Crippen LogP) is 2.78. The molecule has 0 radical (unpaired) electrons. The van der Waals surface area contributed by atoms with Gasteiger partial charge >= 0.3 is 0 Å². The summed E-state index contributed by atoms with van der Waals surface area (Å²) in [5, 5.41) is 20.0. The van der Waals surface area contributed by atoms with E-state index >= 15 is 0 Å². The van der Waals surface area contributed by atoms with E-state index in [0.29, 0.717) is 28.5 Å². The topological polar surface area (TPSA) is 144 Å². The Morgan fingerprint density at radius 3 is 2.49 bits per heavy atom. The number of benzene rings is 1. The van der Waals surface area contributed by atoms with Crippen LogP contribution in [0.5, 0.6) is 0 Å². The van der Waals surface area contributed by atoms with Crippen LogP contribution in [0.2, 0.25) is 0 Å². The molecular formula is C22H23N5O5S3. The maximum absolute atomic E-state index is 12.5. The van der Waals surface area contributed by atoms with Crippen molar-refractivity contribution in [1.82, 2.24) is 19.7 Å². The summed E-state index contributed by atoms with van der Waals surface area (Å²) in [6, 6.07) is 7.51. The number of aryl methyl sites for hydroxylation is 1. The number of aliphatic hydroxyl groups excluding tert-OH is 1. The summed E-state index contributed by atoms with van der Waals surface area (Å²) in [4.78, 5) is 8.53. The molecule has 2 N–H and O–H groups in total. The number of hydrogen-bond donors (Lipinski definition) is 2. The van der Waals surface area contributed by atoms with Crippen molar-refractivity contribution < 1.29 is 21.9 Å². The molecule has 4 rings (SSSR count). The third-order valence-electron chi connectivity index (χ3n) is 5.11. The second-order valence-electron chi connectivity index (χ2n) is 7.89. The fourth-order valence-electron chi connectivity index (χ4n) is 3.54. The van der Waals surface area contributed by atoms with Gasteiger partial charge < -0.3 is 10.4 Å². The summed E-state index contributed by atoms with van der Waals surface area (Å²) in [6.07, 6.45) is 5.71. The maximum Gasteiger partial charge on any atom is 0.177 e. The highest BCUT2D eigenvalue weighted by Gasteiger charge is 2.21. The summed E-state index contributed by atoms with van der Waals surface area (Å²) in [6.45, 7) is 1.60. The van der Waals surface area contributed by atoms with E-state index in [9.17, 15) is 21.9 Å². The smallest absolute Gasteiger partial charge is 0.177 e. The molecule has 184 valence electrons. The van der Waals surface area contributed by atoms with Gasteiger partial charge in [-0.25, -0.2) is 31.5 Å². The van der Waals surface area contributed by atoms with Crippen LogP contribution in [0.3, 0.4) is 0 Å². The lowest BCUT2D eigenvalue weighted by Crippen LogP contribution is -2.11. The number of nitrogens with zero attached hydrogens (tertiary/aromatic N) is 4. The first-order chi connectivity index (χ1) is 16.5. The fraction of sp³-hybridized carbons (Fsp3) is 0.227. The molecule has 0 amide bonds. The van der Waals surface area contributed by atoms with Crippen LogP contribution >= 0.6 is 11.3 Å². The van der Waals surface area contributed by atoms with Gasteiger partial charge in [-0.15, -0.1) is 11.3 Å². The van der Waals surface area contributed by atoms with Crippen molar-refractivity contribution in [3.8, 4) is 16.4 Å². The van der Waals surface area contributed by atoms with Crippen molar-refractivity contribution in [3.63, 3.8) is 0 Å². The first-order valence-electron chi connectivity index (χ1n) is 10.4. The molecule has 4 aromatic rings. The molecule has 3 aromatic heterocycles. The van der Waals surface area contributed by atoms with E-state index in [1.54, 1.807) is 24.0 Å². The second-order valence-corrected chi connectivity index (χ2v) is 12.8. The Bertz CT molecular complexity index is 1590. The number of hydrogen-bond acceptors (Lipinski definition) is 10. The van der Waals surface area contributed by atoms with Crippen LogP contribution in [0.15, 0.2) is 57.9 Å². The molecular weight excluding hydrogens is 510 g/mol. The van der Waals surface area contributed by atoms with Gasteiger partial charge in [-0.3, -0.25) is 0 Å². The monoisotopic (exact) mass is 533 g/mol. The molecule has 0 fully saturated rings. The molecule has 0 bridgehead atoms. The summed E-state index contributed by atoms with van der Waals surface area (Å²) in [5.74, 6) is 0.331. The van der Waals surface area contributed by atoms with Gasteiger partial charge in [0, 0.05) is 54.6 Å². The standard InChI is InChI=1S/C22H23N5O5S3/c1-14-12-19(27-9-6-18(26-27)22-23-8-11-33-22)16(7-10-28)21(24-14)25-17-5-4-15(34(2,29)30)13-20(17)35(3,31)32/h4-6,8-9,11-13,28H,7,10H2,1-3H3,(H,24,25). The lowest BCUT2D eigenvalue weighted by atomic mass is 10.1. The molecule has 0 aliphatic carbocycles. The number of sulfone groups is 2. The zero-order valence-electron chi connectivity index (χ0n) is 19.1. The number of thiazole rings is 1. The Hall–Kier alpha value is -3.13. The lowest BCUT2D eigenvalue weighted by molar-refractivity contribution is 0.299. The molecule has 0 unspecified atom stereocenters. The molecule has 0 saturated carbocycles. The molecule has 0 aliphatic rings. The number of aromatic nitrogens is 4. The van der Waals surface area contributed by atoms with Gasteiger partial charge in [0.05, 0.1) is 21.2 Å². The predicted molar refractivity (Wildman–Crippen MR) is 134 cm³/mol. The zero-order valence-corrected chi connectivity index (χ0v) is 21.6. The number of rotatable bonds is 8. The molecule has 1 aromatic carbocycles.